The van der Waals surface area contributed by atoms with E-state index in [1.54, 1.807) is 13.2 Å². The molecular weight excluding hydrogens is 238 g/mol. The van der Waals surface area contributed by atoms with Crippen LogP contribution in [0.2, 0.25) is 0 Å². The van der Waals surface area contributed by atoms with Crippen LogP contribution in [0.15, 0.2) is 36.5 Å². The van der Waals surface area contributed by atoms with Crippen LogP contribution in [-0.2, 0) is 11.3 Å². The third-order valence-corrected chi connectivity index (χ3v) is 3.35. The number of likely N-dealkylation sites (N-methyl/N-ethyl adjacent to an activating group) is 1. The SMILES string of the molecule is CNC(C)(C)C(=O)NCc1cccc2cccnc12. The molecule has 0 aliphatic carbocycles. The molecule has 2 aromatic rings. The van der Waals surface area contributed by atoms with Crippen LogP contribution in [0.3, 0.4) is 0 Å². The van der Waals surface area contributed by atoms with Crippen molar-refractivity contribution in [1.82, 2.24) is 15.6 Å². The third kappa shape index (κ3) is 2.90. The van der Waals surface area contributed by atoms with Crippen molar-refractivity contribution in [3.63, 3.8) is 0 Å². The Labute approximate surface area is 113 Å². The summed E-state index contributed by atoms with van der Waals surface area (Å²) in [6.45, 7) is 4.19. The lowest BCUT2D eigenvalue weighted by Crippen LogP contribution is -2.50. The number of hydrogen-bond donors (Lipinski definition) is 2. The Bertz CT molecular complexity index is 587. The summed E-state index contributed by atoms with van der Waals surface area (Å²) in [7, 11) is 1.78. The molecule has 0 bridgehead atoms. The summed E-state index contributed by atoms with van der Waals surface area (Å²) in [5.41, 5.74) is 1.39. The Morgan fingerprint density at radius 3 is 2.74 bits per heavy atom. The standard InChI is InChI=1S/C15H19N3O/c1-15(2,16-3)14(19)18-10-12-7-4-6-11-8-5-9-17-13(11)12/h4-9,16H,10H2,1-3H3,(H,18,19). The number of pyridine rings is 1. The molecule has 2 N–H and O–H groups in total. The molecule has 1 heterocycles. The fourth-order valence-corrected chi connectivity index (χ4v) is 1.82. The van der Waals surface area contributed by atoms with Gasteiger partial charge in [-0.2, -0.15) is 0 Å². The first-order chi connectivity index (χ1) is 9.04. The normalized spacial score (nSPS) is 11.5. The van der Waals surface area contributed by atoms with Crippen molar-refractivity contribution in [3.05, 3.63) is 42.1 Å². The molecule has 0 radical (unpaired) electrons. The molecule has 0 fully saturated rings. The van der Waals surface area contributed by atoms with Crippen LogP contribution in [0.1, 0.15) is 19.4 Å². The fraction of sp³-hybridized carbons (Fsp3) is 0.333. The lowest BCUT2D eigenvalue weighted by Gasteiger charge is -2.22. The average molecular weight is 257 g/mol. The van der Waals surface area contributed by atoms with Crippen molar-refractivity contribution >= 4 is 16.8 Å². The molecule has 0 saturated heterocycles. The Morgan fingerprint density at radius 2 is 2.00 bits per heavy atom. The van der Waals surface area contributed by atoms with Gasteiger partial charge in [0.05, 0.1) is 11.1 Å². The highest BCUT2D eigenvalue weighted by molar-refractivity contribution is 5.86. The second-order valence-corrected chi connectivity index (χ2v) is 5.05. The van der Waals surface area contributed by atoms with Crippen LogP contribution in [-0.4, -0.2) is 23.5 Å². The topological polar surface area (TPSA) is 54.0 Å². The maximum absolute atomic E-state index is 12.0. The zero-order chi connectivity index (χ0) is 13.9. The predicted molar refractivity (Wildman–Crippen MR) is 76.7 cm³/mol. The van der Waals surface area contributed by atoms with Crippen LogP contribution in [0, 0.1) is 0 Å². The highest BCUT2D eigenvalue weighted by Gasteiger charge is 2.24. The minimum Gasteiger partial charge on any atom is -0.350 e. The van der Waals surface area contributed by atoms with Crippen molar-refractivity contribution < 1.29 is 4.79 Å². The number of nitrogens with zero attached hydrogens (tertiary/aromatic N) is 1. The van der Waals surface area contributed by atoms with Crippen LogP contribution < -0.4 is 10.6 Å². The predicted octanol–water partition coefficient (Wildman–Crippen LogP) is 1.85. The summed E-state index contributed by atoms with van der Waals surface area (Å²) in [6.07, 6.45) is 1.77. The number of hydrogen-bond acceptors (Lipinski definition) is 3. The molecule has 0 unspecified atom stereocenters. The van der Waals surface area contributed by atoms with Gasteiger partial charge < -0.3 is 10.6 Å². The second-order valence-electron chi connectivity index (χ2n) is 5.05. The summed E-state index contributed by atoms with van der Waals surface area (Å²) in [5, 5.41) is 7.01. The van der Waals surface area contributed by atoms with Gasteiger partial charge in [-0.3, -0.25) is 9.78 Å². The number of rotatable bonds is 4. The van der Waals surface area contributed by atoms with E-state index in [2.05, 4.69) is 15.6 Å². The molecule has 19 heavy (non-hydrogen) atoms. The molecule has 1 aromatic carbocycles. The largest absolute Gasteiger partial charge is 0.350 e. The summed E-state index contributed by atoms with van der Waals surface area (Å²) < 4.78 is 0. The average Bonchev–Trinajstić information content (AvgIpc) is 2.44. The number of fused-ring (bicyclic) bond motifs is 1. The summed E-state index contributed by atoms with van der Waals surface area (Å²) in [5.74, 6) is -0.0251. The van der Waals surface area contributed by atoms with Crippen LogP contribution in [0.4, 0.5) is 0 Å². The molecule has 1 amide bonds. The van der Waals surface area contributed by atoms with E-state index >= 15 is 0 Å². The van der Waals surface area contributed by atoms with Crippen molar-refractivity contribution in [1.29, 1.82) is 0 Å². The van der Waals surface area contributed by atoms with Gasteiger partial charge in [-0.05, 0) is 32.5 Å². The van der Waals surface area contributed by atoms with Crippen molar-refractivity contribution in [2.24, 2.45) is 0 Å². The van der Waals surface area contributed by atoms with Gasteiger partial charge in [-0.15, -0.1) is 0 Å². The molecule has 1 aromatic heterocycles. The van der Waals surface area contributed by atoms with Gasteiger partial charge in [-0.25, -0.2) is 0 Å². The molecule has 0 spiro atoms. The highest BCUT2D eigenvalue weighted by Crippen LogP contribution is 2.15. The van der Waals surface area contributed by atoms with Gasteiger partial charge in [0, 0.05) is 18.1 Å². The zero-order valence-electron chi connectivity index (χ0n) is 11.5. The maximum atomic E-state index is 12.0. The first-order valence-corrected chi connectivity index (χ1v) is 6.34. The van der Waals surface area contributed by atoms with Gasteiger partial charge in [0.25, 0.3) is 0 Å². The molecule has 4 heteroatoms. The number of carbonyl (C=O) groups is 1. The Hall–Kier alpha value is -1.94. The molecule has 100 valence electrons. The lowest BCUT2D eigenvalue weighted by molar-refractivity contribution is -0.126. The lowest BCUT2D eigenvalue weighted by atomic mass is 10.0. The maximum Gasteiger partial charge on any atom is 0.239 e. The van der Waals surface area contributed by atoms with E-state index in [4.69, 9.17) is 0 Å². The van der Waals surface area contributed by atoms with Crippen LogP contribution >= 0.6 is 0 Å². The number of para-hydroxylation sites is 1. The van der Waals surface area contributed by atoms with E-state index in [9.17, 15) is 4.79 Å². The molecule has 2 rings (SSSR count). The molecule has 4 nitrogen and oxygen atoms in total. The Balaban J connectivity index is 2.17. The monoisotopic (exact) mass is 257 g/mol. The molecular formula is C15H19N3O. The van der Waals surface area contributed by atoms with Crippen molar-refractivity contribution in [3.8, 4) is 0 Å². The number of amides is 1. The van der Waals surface area contributed by atoms with E-state index in [0.717, 1.165) is 16.5 Å². The van der Waals surface area contributed by atoms with Crippen LogP contribution in [0.5, 0.6) is 0 Å². The van der Waals surface area contributed by atoms with E-state index in [0.29, 0.717) is 6.54 Å². The number of nitrogens with one attached hydrogen (secondary N) is 2. The number of carbonyl (C=O) groups excluding carboxylic acids is 1. The van der Waals surface area contributed by atoms with Gasteiger partial charge in [0.1, 0.15) is 0 Å². The van der Waals surface area contributed by atoms with E-state index in [1.165, 1.54) is 0 Å². The molecule has 0 atom stereocenters. The third-order valence-electron chi connectivity index (χ3n) is 3.35. The number of aromatic nitrogens is 1. The van der Waals surface area contributed by atoms with Gasteiger partial charge in [0.2, 0.25) is 5.91 Å². The molecule has 0 aliphatic rings. The highest BCUT2D eigenvalue weighted by atomic mass is 16.2. The van der Waals surface area contributed by atoms with Crippen molar-refractivity contribution in [2.45, 2.75) is 25.9 Å². The Kier molecular flexibility index (Phi) is 3.81. The van der Waals surface area contributed by atoms with Gasteiger partial charge >= 0.3 is 0 Å². The van der Waals surface area contributed by atoms with Gasteiger partial charge in [-0.1, -0.05) is 24.3 Å². The first-order valence-electron chi connectivity index (χ1n) is 6.34. The van der Waals surface area contributed by atoms with E-state index in [1.807, 2.05) is 44.2 Å². The second kappa shape index (κ2) is 5.36. The van der Waals surface area contributed by atoms with Crippen molar-refractivity contribution in [2.75, 3.05) is 7.05 Å². The van der Waals surface area contributed by atoms with Gasteiger partial charge in [0.15, 0.2) is 0 Å². The summed E-state index contributed by atoms with van der Waals surface area (Å²) >= 11 is 0. The Morgan fingerprint density at radius 1 is 1.26 bits per heavy atom. The first kappa shape index (κ1) is 13.5. The van der Waals surface area contributed by atoms with Crippen LogP contribution in [0.25, 0.3) is 10.9 Å². The molecule has 0 saturated carbocycles. The summed E-state index contributed by atoms with van der Waals surface area (Å²) in [6, 6.07) is 9.92. The smallest absolute Gasteiger partial charge is 0.239 e. The van der Waals surface area contributed by atoms with E-state index < -0.39 is 5.54 Å². The number of benzene rings is 1. The summed E-state index contributed by atoms with van der Waals surface area (Å²) in [4.78, 5) is 16.4. The molecule has 0 aliphatic heterocycles. The zero-order valence-corrected chi connectivity index (χ0v) is 11.5. The minimum atomic E-state index is -0.571. The minimum absolute atomic E-state index is 0.0251. The van der Waals surface area contributed by atoms with E-state index in [-0.39, 0.29) is 5.91 Å². The quantitative estimate of drug-likeness (QED) is 0.879. The fourth-order valence-electron chi connectivity index (χ4n) is 1.82.